The van der Waals surface area contributed by atoms with Crippen molar-refractivity contribution < 1.29 is 23.2 Å². The number of alkyl halides is 2. The molecule has 166 valence electrons. The number of Topliss-reactive ketones (excluding diaryl/α,β-unsaturated/α-hetero) is 1. The van der Waals surface area contributed by atoms with Crippen LogP contribution in [-0.4, -0.2) is 59.5 Å². The summed E-state index contributed by atoms with van der Waals surface area (Å²) in [6.07, 6.45) is 3.11. The minimum atomic E-state index is -3.13. The molecular formula is C21H30F2N4O3. The van der Waals surface area contributed by atoms with Crippen LogP contribution in [0, 0.1) is 16.7 Å². The lowest BCUT2D eigenvalue weighted by Crippen LogP contribution is -2.48. The van der Waals surface area contributed by atoms with Gasteiger partial charge in [-0.25, -0.2) is 8.78 Å². The number of carbonyl (C=O) groups excluding carboxylic acids is 2. The maximum absolute atomic E-state index is 13.6. The zero-order valence-corrected chi connectivity index (χ0v) is 17.7. The monoisotopic (exact) mass is 424 g/mol. The average molecular weight is 424 g/mol. The Bertz CT molecular complexity index is 744. The first-order valence-corrected chi connectivity index (χ1v) is 10.7. The van der Waals surface area contributed by atoms with Gasteiger partial charge in [-0.1, -0.05) is 12.1 Å². The molecule has 2 fully saturated rings. The lowest BCUT2D eigenvalue weighted by Gasteiger charge is -2.37. The van der Waals surface area contributed by atoms with Gasteiger partial charge in [-0.2, -0.15) is 5.26 Å². The van der Waals surface area contributed by atoms with Gasteiger partial charge in [-0.3, -0.25) is 9.59 Å². The van der Waals surface area contributed by atoms with Gasteiger partial charge in [0.05, 0.1) is 17.5 Å². The number of oxime groups is 1. The standard InChI is InChI=1S/C21H30F2N4O3/c1-3-8-27-9-6-21(7-10-27)12-16(26-30-21)18(29)25-15(11-19(2,22)23)17(28)13-20(14-24)4-5-20/h15H,3-13H2,1-2H3,(H,25,29)/t15-/m0/s1. The van der Waals surface area contributed by atoms with Crippen LogP contribution in [0.3, 0.4) is 0 Å². The number of hydrogen-bond donors (Lipinski definition) is 1. The van der Waals surface area contributed by atoms with Crippen molar-refractivity contribution >= 4 is 17.4 Å². The molecule has 0 bridgehead atoms. The van der Waals surface area contributed by atoms with E-state index in [1.54, 1.807) is 0 Å². The summed E-state index contributed by atoms with van der Waals surface area (Å²) >= 11 is 0. The maximum atomic E-state index is 13.6. The second-order valence-electron chi connectivity index (χ2n) is 9.17. The molecule has 0 aromatic rings. The Morgan fingerprint density at radius 1 is 1.33 bits per heavy atom. The van der Waals surface area contributed by atoms with Gasteiger partial charge in [-0.15, -0.1) is 0 Å². The highest BCUT2D eigenvalue weighted by Gasteiger charge is 2.48. The molecule has 1 atom stereocenters. The van der Waals surface area contributed by atoms with E-state index in [0.717, 1.165) is 38.9 Å². The first kappa shape index (κ1) is 22.6. The van der Waals surface area contributed by atoms with E-state index in [-0.39, 0.29) is 12.1 Å². The number of likely N-dealkylation sites (tertiary alicyclic amines) is 1. The van der Waals surface area contributed by atoms with E-state index in [9.17, 15) is 23.6 Å². The van der Waals surface area contributed by atoms with Crippen molar-refractivity contribution in [2.75, 3.05) is 19.6 Å². The molecule has 1 amide bonds. The summed E-state index contributed by atoms with van der Waals surface area (Å²) in [6, 6.07) is 0.739. The van der Waals surface area contributed by atoms with Gasteiger partial charge in [0.1, 0.15) is 11.3 Å². The third-order valence-electron chi connectivity index (χ3n) is 6.27. The van der Waals surface area contributed by atoms with Gasteiger partial charge >= 0.3 is 0 Å². The minimum Gasteiger partial charge on any atom is -0.388 e. The molecule has 30 heavy (non-hydrogen) atoms. The number of nitrogens with zero attached hydrogens (tertiary/aromatic N) is 3. The fourth-order valence-electron chi connectivity index (χ4n) is 4.19. The minimum absolute atomic E-state index is 0.120. The number of ketones is 1. The van der Waals surface area contributed by atoms with Crippen LogP contribution in [0.1, 0.15) is 65.2 Å². The molecule has 1 spiro atoms. The molecule has 3 aliphatic rings. The van der Waals surface area contributed by atoms with Crippen LogP contribution in [0.25, 0.3) is 0 Å². The first-order chi connectivity index (χ1) is 14.1. The van der Waals surface area contributed by atoms with E-state index in [2.05, 4.69) is 28.4 Å². The number of nitriles is 1. The Morgan fingerprint density at radius 3 is 2.53 bits per heavy atom. The normalized spacial score (nSPS) is 23.2. The highest BCUT2D eigenvalue weighted by molar-refractivity contribution is 6.39. The highest BCUT2D eigenvalue weighted by Crippen LogP contribution is 2.48. The van der Waals surface area contributed by atoms with Crippen LogP contribution >= 0.6 is 0 Å². The lowest BCUT2D eigenvalue weighted by molar-refractivity contribution is -0.128. The van der Waals surface area contributed by atoms with Crippen LogP contribution < -0.4 is 5.32 Å². The summed E-state index contributed by atoms with van der Waals surface area (Å²) in [5.74, 6) is -4.31. The van der Waals surface area contributed by atoms with E-state index < -0.39 is 41.1 Å². The Morgan fingerprint density at radius 2 is 2.00 bits per heavy atom. The van der Waals surface area contributed by atoms with Crippen LogP contribution in [0.4, 0.5) is 8.78 Å². The van der Waals surface area contributed by atoms with Crippen LogP contribution in [0.2, 0.25) is 0 Å². The van der Waals surface area contributed by atoms with Crippen LogP contribution in [0.15, 0.2) is 5.16 Å². The van der Waals surface area contributed by atoms with Crippen molar-refractivity contribution in [3.05, 3.63) is 0 Å². The Balaban J connectivity index is 1.59. The van der Waals surface area contributed by atoms with Crippen molar-refractivity contribution in [1.82, 2.24) is 10.2 Å². The van der Waals surface area contributed by atoms with Crippen molar-refractivity contribution in [2.45, 2.75) is 82.8 Å². The molecule has 0 radical (unpaired) electrons. The number of nitrogens with one attached hydrogen (secondary N) is 1. The van der Waals surface area contributed by atoms with Gasteiger partial charge in [-0.05, 0) is 32.7 Å². The van der Waals surface area contributed by atoms with Crippen molar-refractivity contribution in [3.8, 4) is 6.07 Å². The van der Waals surface area contributed by atoms with Gasteiger partial charge in [0.15, 0.2) is 5.78 Å². The summed E-state index contributed by atoms with van der Waals surface area (Å²) in [7, 11) is 0. The topological polar surface area (TPSA) is 94.8 Å². The predicted octanol–water partition coefficient (Wildman–Crippen LogP) is 2.80. The fourth-order valence-corrected chi connectivity index (χ4v) is 4.19. The van der Waals surface area contributed by atoms with Crippen LogP contribution in [0.5, 0.6) is 0 Å². The van der Waals surface area contributed by atoms with Gasteiger partial charge in [0.25, 0.3) is 5.91 Å². The molecule has 3 rings (SSSR count). The molecule has 1 aliphatic carbocycles. The van der Waals surface area contributed by atoms with Crippen molar-refractivity contribution in [1.29, 1.82) is 5.26 Å². The number of amides is 1. The van der Waals surface area contributed by atoms with E-state index in [0.29, 0.717) is 26.2 Å². The van der Waals surface area contributed by atoms with E-state index >= 15 is 0 Å². The number of halogens is 2. The largest absolute Gasteiger partial charge is 0.388 e. The second-order valence-corrected chi connectivity index (χ2v) is 9.17. The number of rotatable bonds is 9. The third-order valence-corrected chi connectivity index (χ3v) is 6.27. The lowest BCUT2D eigenvalue weighted by atomic mass is 9.86. The van der Waals surface area contributed by atoms with E-state index in [4.69, 9.17) is 4.84 Å². The highest BCUT2D eigenvalue weighted by atomic mass is 19.3. The number of hydrogen-bond acceptors (Lipinski definition) is 6. The van der Waals surface area contributed by atoms with E-state index in [1.165, 1.54) is 0 Å². The molecule has 7 nitrogen and oxygen atoms in total. The van der Waals surface area contributed by atoms with Crippen molar-refractivity contribution in [2.24, 2.45) is 10.6 Å². The molecule has 1 saturated carbocycles. The summed E-state index contributed by atoms with van der Waals surface area (Å²) in [6.45, 7) is 5.58. The summed E-state index contributed by atoms with van der Waals surface area (Å²) in [5.41, 5.74) is -1.14. The SMILES string of the molecule is CCCN1CCC2(CC1)CC(C(=O)N[C@@H](CC(C)(F)F)C(=O)CC1(C#N)CC1)=NO2. The molecular weight excluding hydrogens is 394 g/mol. The van der Waals surface area contributed by atoms with Crippen molar-refractivity contribution in [3.63, 3.8) is 0 Å². The molecule has 9 heteroatoms. The second kappa shape index (κ2) is 8.58. The smallest absolute Gasteiger partial charge is 0.269 e. The fraction of sp³-hybridized carbons (Fsp3) is 0.810. The Kier molecular flexibility index (Phi) is 6.46. The third kappa shape index (κ3) is 5.54. The first-order valence-electron chi connectivity index (χ1n) is 10.7. The maximum Gasteiger partial charge on any atom is 0.269 e. The summed E-state index contributed by atoms with van der Waals surface area (Å²) in [5, 5.41) is 15.6. The zero-order chi connectivity index (χ0) is 22.0. The van der Waals surface area contributed by atoms with E-state index in [1.807, 2.05) is 0 Å². The van der Waals surface area contributed by atoms with Gasteiger partial charge in [0.2, 0.25) is 5.92 Å². The van der Waals surface area contributed by atoms with Gasteiger partial charge in [0, 0.05) is 45.2 Å². The molecule has 1 saturated heterocycles. The number of piperidine rings is 1. The number of carbonyl (C=O) groups is 2. The molecule has 2 heterocycles. The summed E-state index contributed by atoms with van der Waals surface area (Å²) < 4.78 is 27.3. The molecule has 0 unspecified atom stereocenters. The van der Waals surface area contributed by atoms with Gasteiger partial charge < -0.3 is 15.1 Å². The molecule has 0 aromatic carbocycles. The average Bonchev–Trinajstić information content (AvgIpc) is 3.33. The summed E-state index contributed by atoms with van der Waals surface area (Å²) in [4.78, 5) is 33.3. The quantitative estimate of drug-likeness (QED) is 0.614. The Hall–Kier alpha value is -2.08. The Labute approximate surface area is 175 Å². The predicted molar refractivity (Wildman–Crippen MR) is 106 cm³/mol. The molecule has 0 aromatic heterocycles. The van der Waals surface area contributed by atoms with Crippen LogP contribution in [-0.2, 0) is 14.4 Å². The molecule has 1 N–H and O–H groups in total. The molecule has 2 aliphatic heterocycles. The zero-order valence-electron chi connectivity index (χ0n) is 17.7.